The number of rotatable bonds is 14. The molecule has 0 aromatic heterocycles. The molecule has 0 radical (unpaired) electrons. The lowest BCUT2D eigenvalue weighted by molar-refractivity contribution is 0.0169. The second kappa shape index (κ2) is 18.4. The summed E-state index contributed by atoms with van der Waals surface area (Å²) in [6.45, 7) is 7.14. The number of methoxy groups -OCH3 is 1. The minimum atomic E-state index is -0.907. The number of aliphatic imine (C=N–C) groups is 1. The van der Waals surface area contributed by atoms with Crippen LogP contribution in [0.15, 0.2) is 53.5 Å². The van der Waals surface area contributed by atoms with Gasteiger partial charge < -0.3 is 51.2 Å². The minimum absolute atomic E-state index is 0.0131. The van der Waals surface area contributed by atoms with Crippen LogP contribution in [0.3, 0.4) is 0 Å². The molecule has 0 saturated heterocycles. The van der Waals surface area contributed by atoms with Crippen LogP contribution < -0.4 is 25.7 Å². The molecule has 3 aromatic carbocycles. The summed E-state index contributed by atoms with van der Waals surface area (Å²) in [7, 11) is 1.68. The average molecular weight is 812 g/mol. The Morgan fingerprint density at radius 2 is 1.78 bits per heavy atom. The second-order valence-electron chi connectivity index (χ2n) is 17.8. The van der Waals surface area contributed by atoms with Crippen LogP contribution in [0.5, 0.6) is 28.7 Å². The zero-order valence-electron chi connectivity index (χ0n) is 35.1. The van der Waals surface area contributed by atoms with Crippen molar-refractivity contribution in [3.63, 3.8) is 0 Å². The van der Waals surface area contributed by atoms with Crippen LogP contribution in [-0.4, -0.2) is 70.6 Å². The third kappa shape index (κ3) is 8.89. The topological polar surface area (TPSA) is 193 Å². The van der Waals surface area contributed by atoms with E-state index >= 15 is 0 Å². The standard InChI is InChI=1S/C48H65N3O8/c1-5-27-18-29(10-9-28(27)14-16-52)35-19-32-21-39(55)33(17-26(2)3)20-36(32)46-44(57-4)24-42-37(45(35)46)23-40(56)47(59-42)30-11-12-38(54)43(22-30)58-41-8-6-7-31(25-53)34(41)13-15-51-48(49)50/h9-12,20-22,24,26-29,31,34-35,40-41,47,52-56H,5-8,13-19,23,25H2,1-4H3,(H4,49,50,51). The van der Waals surface area contributed by atoms with Gasteiger partial charge in [-0.25, -0.2) is 0 Å². The van der Waals surface area contributed by atoms with Crippen LogP contribution in [0, 0.1) is 35.5 Å². The predicted molar refractivity (Wildman–Crippen MR) is 230 cm³/mol. The lowest BCUT2D eigenvalue weighted by Crippen LogP contribution is -2.39. The Hall–Kier alpha value is -4.45. The van der Waals surface area contributed by atoms with Gasteiger partial charge in [0.2, 0.25) is 0 Å². The van der Waals surface area contributed by atoms with E-state index in [0.29, 0.717) is 65.7 Å². The van der Waals surface area contributed by atoms with E-state index in [1.54, 1.807) is 25.3 Å². The fraction of sp³-hybridized carbons (Fsp3) is 0.562. The number of aliphatic hydroxyl groups is 3. The number of aliphatic hydroxyl groups excluding tert-OH is 3. The van der Waals surface area contributed by atoms with Gasteiger partial charge in [0.05, 0.1) is 13.2 Å². The molecule has 0 spiro atoms. The molecule has 59 heavy (non-hydrogen) atoms. The summed E-state index contributed by atoms with van der Waals surface area (Å²) in [5, 5.41) is 54.5. The number of hydrogen-bond donors (Lipinski definition) is 7. The molecule has 3 aromatic rings. The molecule has 7 rings (SSSR count). The number of nitrogens with two attached hydrogens (primary N) is 2. The van der Waals surface area contributed by atoms with Crippen molar-refractivity contribution in [3.05, 3.63) is 76.4 Å². The molecular formula is C48H65N3O8. The summed E-state index contributed by atoms with van der Waals surface area (Å²) in [6.07, 6.45) is 10.4. The molecule has 11 heteroatoms. The van der Waals surface area contributed by atoms with Crippen molar-refractivity contribution in [2.24, 2.45) is 52.0 Å². The number of benzene rings is 3. The smallest absolute Gasteiger partial charge is 0.185 e. The van der Waals surface area contributed by atoms with E-state index in [9.17, 15) is 25.5 Å². The summed E-state index contributed by atoms with van der Waals surface area (Å²) in [5.41, 5.74) is 18.0. The number of aromatic hydroxyl groups is 2. The summed E-state index contributed by atoms with van der Waals surface area (Å²) in [6, 6.07) is 11.2. The highest BCUT2D eigenvalue weighted by Gasteiger charge is 2.42. The van der Waals surface area contributed by atoms with Gasteiger partial charge in [0.25, 0.3) is 0 Å². The van der Waals surface area contributed by atoms with Crippen LogP contribution in [0.1, 0.15) is 106 Å². The van der Waals surface area contributed by atoms with Gasteiger partial charge in [0.15, 0.2) is 17.5 Å². The van der Waals surface area contributed by atoms with Crippen LogP contribution in [0.4, 0.5) is 0 Å². The fourth-order valence-electron chi connectivity index (χ4n) is 10.8. The molecule has 11 nitrogen and oxygen atoms in total. The van der Waals surface area contributed by atoms with Crippen molar-refractivity contribution in [2.75, 3.05) is 26.9 Å². The first-order valence-corrected chi connectivity index (χ1v) is 21.8. The summed E-state index contributed by atoms with van der Waals surface area (Å²) >= 11 is 0. The Balaban J connectivity index is 1.26. The summed E-state index contributed by atoms with van der Waals surface area (Å²) in [4.78, 5) is 4.17. The van der Waals surface area contributed by atoms with Crippen LogP contribution in [-0.2, 0) is 19.3 Å². The van der Waals surface area contributed by atoms with E-state index < -0.39 is 12.2 Å². The van der Waals surface area contributed by atoms with Crippen molar-refractivity contribution < 1.29 is 39.7 Å². The van der Waals surface area contributed by atoms with Gasteiger partial charge in [-0.15, -0.1) is 0 Å². The molecule has 1 aliphatic heterocycles. The molecule has 320 valence electrons. The Labute approximate surface area is 349 Å². The van der Waals surface area contributed by atoms with Crippen LogP contribution >= 0.6 is 0 Å². The highest BCUT2D eigenvalue weighted by atomic mass is 16.5. The number of nitrogens with zero attached hydrogens (tertiary/aromatic N) is 1. The third-order valence-corrected chi connectivity index (χ3v) is 13.7. The summed E-state index contributed by atoms with van der Waals surface area (Å²) < 4.78 is 19.6. The summed E-state index contributed by atoms with van der Waals surface area (Å²) in [5.74, 6) is 3.32. The van der Waals surface area contributed by atoms with Crippen LogP contribution in [0.25, 0.3) is 11.1 Å². The first-order chi connectivity index (χ1) is 28.4. The van der Waals surface area contributed by atoms with Gasteiger partial charge in [-0.3, -0.25) is 4.99 Å². The van der Waals surface area contributed by atoms with Crippen molar-refractivity contribution in [1.29, 1.82) is 0 Å². The first kappa shape index (κ1) is 42.7. The maximum atomic E-state index is 12.1. The van der Waals surface area contributed by atoms with Crippen molar-refractivity contribution in [3.8, 4) is 39.9 Å². The Bertz CT molecular complexity index is 2010. The average Bonchev–Trinajstić information content (AvgIpc) is 3.21. The van der Waals surface area contributed by atoms with E-state index in [4.69, 9.17) is 25.7 Å². The highest BCUT2D eigenvalue weighted by Crippen LogP contribution is 2.56. The van der Waals surface area contributed by atoms with E-state index in [-0.39, 0.29) is 54.7 Å². The molecule has 9 atom stereocenters. The van der Waals surface area contributed by atoms with Crippen molar-refractivity contribution in [1.82, 2.24) is 0 Å². The molecule has 9 N–H and O–H groups in total. The zero-order valence-corrected chi connectivity index (χ0v) is 35.1. The van der Waals surface area contributed by atoms with Gasteiger partial charge in [-0.05, 0) is 139 Å². The Kier molecular flexibility index (Phi) is 13.3. The molecule has 0 amide bonds. The molecular weight excluding hydrogens is 747 g/mol. The Morgan fingerprint density at radius 1 is 0.966 bits per heavy atom. The monoisotopic (exact) mass is 811 g/mol. The van der Waals surface area contributed by atoms with Crippen molar-refractivity contribution >= 4 is 5.96 Å². The quantitative estimate of drug-likeness (QED) is 0.0503. The predicted octanol–water partition coefficient (Wildman–Crippen LogP) is 7.07. The number of guanidine groups is 1. The normalized spacial score (nSPS) is 27.3. The number of allylic oxidation sites excluding steroid dienone is 2. The molecule has 1 fully saturated rings. The lowest BCUT2D eigenvalue weighted by atomic mass is 9.65. The molecule has 1 heterocycles. The first-order valence-electron chi connectivity index (χ1n) is 21.8. The van der Waals surface area contributed by atoms with Crippen LogP contribution in [0.2, 0.25) is 0 Å². The van der Waals surface area contributed by atoms with E-state index in [2.05, 4.69) is 44.0 Å². The van der Waals surface area contributed by atoms with E-state index in [1.165, 1.54) is 0 Å². The molecule has 4 aliphatic rings. The van der Waals surface area contributed by atoms with Gasteiger partial charge >= 0.3 is 0 Å². The van der Waals surface area contributed by atoms with Crippen molar-refractivity contribution in [2.45, 2.75) is 109 Å². The third-order valence-electron chi connectivity index (χ3n) is 13.7. The van der Waals surface area contributed by atoms with Gasteiger partial charge in [-0.1, -0.05) is 45.4 Å². The molecule has 1 saturated carbocycles. The molecule has 3 aliphatic carbocycles. The number of phenols is 2. The number of ether oxygens (including phenoxy) is 3. The molecule has 9 unspecified atom stereocenters. The van der Waals surface area contributed by atoms with E-state index in [1.807, 2.05) is 12.1 Å². The maximum absolute atomic E-state index is 12.1. The second-order valence-corrected chi connectivity index (χ2v) is 17.8. The largest absolute Gasteiger partial charge is 0.508 e. The van der Waals surface area contributed by atoms with Gasteiger partial charge in [0.1, 0.15) is 29.5 Å². The SMILES string of the molecule is CCC1CC(C2Cc3cc(O)c(CC(C)C)cc3-c3c(OC)cc4c(c32)CC(O)C(c2ccc(O)c(OC3CCCC(CO)C3CCN=C(N)N)c2)O4)C=CC1CCO. The lowest BCUT2D eigenvalue weighted by Gasteiger charge is -2.42. The fourth-order valence-corrected chi connectivity index (χ4v) is 10.8. The van der Waals surface area contributed by atoms with E-state index in [0.717, 1.165) is 84.7 Å². The van der Waals surface area contributed by atoms with Gasteiger partial charge in [0, 0.05) is 49.3 Å². The number of hydrogen-bond acceptors (Lipinski definition) is 9. The zero-order chi connectivity index (χ0) is 42.0. The number of phenolic OH excluding ortho intramolecular Hbond substituents is 2. The number of fused-ring (bicyclic) bond motifs is 5. The Morgan fingerprint density at radius 3 is 2.49 bits per heavy atom. The maximum Gasteiger partial charge on any atom is 0.185 e. The highest BCUT2D eigenvalue weighted by molar-refractivity contribution is 5.84. The van der Waals surface area contributed by atoms with Gasteiger partial charge in [-0.2, -0.15) is 0 Å². The molecule has 0 bridgehead atoms. The minimum Gasteiger partial charge on any atom is -0.508 e.